The average molecular weight is 362 g/mol. The summed E-state index contributed by atoms with van der Waals surface area (Å²) in [6.45, 7) is 5.04. The van der Waals surface area contributed by atoms with Gasteiger partial charge in [0.25, 0.3) is 0 Å². The molecule has 0 aliphatic carbocycles. The van der Waals surface area contributed by atoms with Crippen LogP contribution in [0.2, 0.25) is 5.15 Å². The smallest absolute Gasteiger partial charge is 0.319 e. The maximum atomic E-state index is 10.6. The molecule has 0 amide bonds. The van der Waals surface area contributed by atoms with Crippen LogP contribution in [0.5, 0.6) is 6.01 Å². The monoisotopic (exact) mass is 361 g/mol. The van der Waals surface area contributed by atoms with E-state index in [4.69, 9.17) is 21.4 Å². The molecule has 0 unspecified atom stereocenters. The molecule has 0 saturated heterocycles. The van der Waals surface area contributed by atoms with Crippen LogP contribution in [-0.2, 0) is 11.2 Å². The van der Waals surface area contributed by atoms with E-state index in [2.05, 4.69) is 40.8 Å². The van der Waals surface area contributed by atoms with E-state index in [1.807, 2.05) is 0 Å². The Bertz CT molecular complexity index is 810. The van der Waals surface area contributed by atoms with Crippen LogP contribution in [0.25, 0.3) is 0 Å². The Morgan fingerprint density at radius 3 is 2.88 bits per heavy atom. The number of carbonyl (C=O) groups is 1. The zero-order valence-corrected chi connectivity index (χ0v) is 15.0. The van der Waals surface area contributed by atoms with Crippen molar-refractivity contribution in [2.24, 2.45) is 0 Å². The highest BCUT2D eigenvalue weighted by Crippen LogP contribution is 2.36. The molecule has 0 fully saturated rings. The summed E-state index contributed by atoms with van der Waals surface area (Å²) in [5.74, 6) is -0.269. The van der Waals surface area contributed by atoms with E-state index in [9.17, 15) is 4.79 Å². The second kappa shape index (κ2) is 7.27. The Labute approximate surface area is 151 Å². The van der Waals surface area contributed by atoms with Crippen molar-refractivity contribution in [3.8, 4) is 6.01 Å². The minimum Gasteiger partial charge on any atom is -0.481 e. The first-order valence-electron chi connectivity index (χ1n) is 8.21. The van der Waals surface area contributed by atoms with Gasteiger partial charge >= 0.3 is 12.0 Å². The Morgan fingerprint density at radius 1 is 1.32 bits per heavy atom. The minimum absolute atomic E-state index is 0.00389. The van der Waals surface area contributed by atoms with Gasteiger partial charge in [-0.2, -0.15) is 9.97 Å². The van der Waals surface area contributed by atoms with E-state index < -0.39 is 5.97 Å². The number of halogens is 1. The van der Waals surface area contributed by atoms with Gasteiger partial charge in [-0.25, -0.2) is 0 Å². The fourth-order valence-electron chi connectivity index (χ4n) is 3.13. The van der Waals surface area contributed by atoms with Crippen molar-refractivity contribution in [2.45, 2.75) is 33.1 Å². The number of rotatable bonds is 5. The van der Waals surface area contributed by atoms with Gasteiger partial charge in [-0.1, -0.05) is 17.7 Å². The normalized spacial score (nSPS) is 13.5. The van der Waals surface area contributed by atoms with E-state index in [1.165, 1.54) is 16.7 Å². The van der Waals surface area contributed by atoms with E-state index in [1.54, 1.807) is 6.07 Å². The average Bonchev–Trinajstić information content (AvgIpc) is 2.53. The van der Waals surface area contributed by atoms with Crippen molar-refractivity contribution >= 4 is 29.1 Å². The first-order valence-corrected chi connectivity index (χ1v) is 8.58. The van der Waals surface area contributed by atoms with Crippen molar-refractivity contribution in [1.29, 1.82) is 0 Å². The maximum Gasteiger partial charge on any atom is 0.319 e. The van der Waals surface area contributed by atoms with Gasteiger partial charge in [0.1, 0.15) is 17.6 Å². The summed E-state index contributed by atoms with van der Waals surface area (Å²) in [6, 6.07) is 6.15. The lowest BCUT2D eigenvalue weighted by atomic mass is 9.95. The topological polar surface area (TPSA) is 75.6 Å². The largest absolute Gasteiger partial charge is 0.481 e. The second-order valence-corrected chi connectivity index (χ2v) is 6.55. The molecule has 25 heavy (non-hydrogen) atoms. The third kappa shape index (κ3) is 4.02. The third-order valence-corrected chi connectivity index (χ3v) is 4.37. The minimum atomic E-state index is -0.932. The highest BCUT2D eigenvalue weighted by atomic mass is 35.5. The van der Waals surface area contributed by atoms with Crippen LogP contribution in [0.1, 0.15) is 29.5 Å². The number of hydrogen-bond donors (Lipinski definition) is 1. The van der Waals surface area contributed by atoms with Gasteiger partial charge in [0, 0.05) is 18.3 Å². The molecule has 0 radical (unpaired) electrons. The van der Waals surface area contributed by atoms with Gasteiger partial charge < -0.3 is 14.7 Å². The summed E-state index contributed by atoms with van der Waals surface area (Å²) in [6.07, 6.45) is 1.95. The lowest BCUT2D eigenvalue weighted by Crippen LogP contribution is -2.26. The first kappa shape index (κ1) is 17.5. The Morgan fingerprint density at radius 2 is 2.12 bits per heavy atom. The molecule has 0 spiro atoms. The molecule has 6 nitrogen and oxygen atoms in total. The summed E-state index contributed by atoms with van der Waals surface area (Å²) in [4.78, 5) is 21.2. The summed E-state index contributed by atoms with van der Waals surface area (Å²) < 4.78 is 5.35. The number of aliphatic carboxylic acids is 1. The zero-order valence-electron chi connectivity index (χ0n) is 14.3. The van der Waals surface area contributed by atoms with Crippen LogP contribution in [-0.4, -0.2) is 34.2 Å². The van der Waals surface area contributed by atoms with Gasteiger partial charge in [-0.3, -0.25) is 4.79 Å². The highest BCUT2D eigenvalue weighted by molar-refractivity contribution is 6.29. The van der Waals surface area contributed by atoms with Gasteiger partial charge in [-0.15, -0.1) is 0 Å². The van der Waals surface area contributed by atoms with Crippen molar-refractivity contribution in [2.75, 3.05) is 18.1 Å². The number of benzene rings is 1. The van der Waals surface area contributed by atoms with Crippen LogP contribution in [0.15, 0.2) is 18.2 Å². The van der Waals surface area contributed by atoms with Crippen molar-refractivity contribution < 1.29 is 14.6 Å². The Balaban J connectivity index is 1.93. The molecular weight excluding hydrogens is 342 g/mol. The fraction of sp³-hybridized carbons (Fsp3) is 0.389. The van der Waals surface area contributed by atoms with Crippen LogP contribution in [0, 0.1) is 13.8 Å². The number of aromatic nitrogens is 2. The van der Waals surface area contributed by atoms with Gasteiger partial charge in [-0.05, 0) is 49.4 Å². The molecule has 1 N–H and O–H groups in total. The number of nitrogens with zero attached hydrogens (tertiary/aromatic N) is 3. The summed E-state index contributed by atoms with van der Waals surface area (Å²) in [5.41, 5.74) is 4.92. The maximum absolute atomic E-state index is 10.6. The molecule has 1 aromatic heterocycles. The second-order valence-electron chi connectivity index (χ2n) is 6.16. The predicted octanol–water partition coefficient (Wildman–Crippen LogP) is 3.68. The van der Waals surface area contributed by atoms with Crippen molar-refractivity contribution in [1.82, 2.24) is 9.97 Å². The van der Waals surface area contributed by atoms with E-state index in [0.29, 0.717) is 5.82 Å². The van der Waals surface area contributed by atoms with Crippen LogP contribution < -0.4 is 9.64 Å². The van der Waals surface area contributed by atoms with Crippen LogP contribution >= 0.6 is 11.6 Å². The molecule has 132 valence electrons. The number of aryl methyl sites for hydroxylation is 2. The number of hydrogen-bond acceptors (Lipinski definition) is 5. The third-order valence-electron chi connectivity index (χ3n) is 4.18. The molecule has 1 aliphatic heterocycles. The number of carboxylic acids is 1. The molecular formula is C18H20ClN3O3. The molecule has 0 bridgehead atoms. The molecule has 3 rings (SSSR count). The van der Waals surface area contributed by atoms with Gasteiger partial charge in [0.05, 0.1) is 6.42 Å². The molecule has 2 aromatic rings. The molecule has 0 atom stereocenters. The SMILES string of the molecule is Cc1cc(C)c2c(c1)N(c1cc(Cl)nc(OCCC(=O)O)n1)CCC2. The number of ether oxygens (including phenoxy) is 1. The van der Waals surface area contributed by atoms with Crippen molar-refractivity contribution in [3.05, 3.63) is 40.0 Å². The van der Waals surface area contributed by atoms with Crippen LogP contribution in [0.3, 0.4) is 0 Å². The summed E-state index contributed by atoms with van der Waals surface area (Å²) in [5, 5.41) is 8.98. The fourth-order valence-corrected chi connectivity index (χ4v) is 3.30. The zero-order chi connectivity index (χ0) is 18.0. The highest BCUT2D eigenvalue weighted by Gasteiger charge is 2.22. The van der Waals surface area contributed by atoms with Gasteiger partial charge in [0.2, 0.25) is 0 Å². The Hall–Kier alpha value is -2.34. The lowest BCUT2D eigenvalue weighted by molar-refractivity contribution is -0.137. The van der Waals surface area contributed by atoms with E-state index in [0.717, 1.165) is 25.1 Å². The van der Waals surface area contributed by atoms with Crippen molar-refractivity contribution in [3.63, 3.8) is 0 Å². The molecule has 1 aromatic carbocycles. The van der Waals surface area contributed by atoms with E-state index in [-0.39, 0.29) is 24.2 Å². The predicted molar refractivity (Wildman–Crippen MR) is 96.0 cm³/mol. The quantitative estimate of drug-likeness (QED) is 0.818. The molecule has 7 heteroatoms. The molecule has 2 heterocycles. The van der Waals surface area contributed by atoms with Gasteiger partial charge in [0.15, 0.2) is 0 Å². The standard InChI is InChI=1S/C18H20ClN3O3/c1-11-8-12(2)13-4-3-6-22(14(13)9-11)16-10-15(19)20-18(21-16)25-7-5-17(23)24/h8-10H,3-7H2,1-2H3,(H,23,24). The number of fused-ring (bicyclic) bond motifs is 1. The first-order chi connectivity index (χ1) is 11.9. The molecule has 1 aliphatic rings. The number of carboxylic acid groups (broad SMARTS) is 1. The summed E-state index contributed by atoms with van der Waals surface area (Å²) in [7, 11) is 0. The lowest BCUT2D eigenvalue weighted by Gasteiger charge is -2.32. The Kier molecular flexibility index (Phi) is 5.08. The number of anilines is 2. The van der Waals surface area contributed by atoms with Crippen LogP contribution in [0.4, 0.5) is 11.5 Å². The molecule has 0 saturated carbocycles. The van der Waals surface area contributed by atoms with E-state index >= 15 is 0 Å². The summed E-state index contributed by atoms with van der Waals surface area (Å²) >= 11 is 6.13.